The zero-order valence-corrected chi connectivity index (χ0v) is 15.4. The number of carbonyl (C=O) groups is 2. The van der Waals surface area contributed by atoms with Gasteiger partial charge in [0.05, 0.1) is 18.4 Å². The van der Waals surface area contributed by atoms with E-state index in [4.69, 9.17) is 4.74 Å². The number of anilines is 4. The van der Waals surface area contributed by atoms with Gasteiger partial charge in [-0.3, -0.25) is 9.59 Å². The topological polar surface area (TPSA) is 105 Å². The largest absolute Gasteiger partial charge is 0.495 e. The Balaban J connectivity index is 1.64. The van der Waals surface area contributed by atoms with Crippen LogP contribution in [0.25, 0.3) is 0 Å². The Bertz CT molecular complexity index is 972. The van der Waals surface area contributed by atoms with Crippen LogP contribution < -0.4 is 20.7 Å². The molecule has 1 heterocycles. The standard InChI is InChI=1S/C20H19N5O3/c1-13(26)23-15-7-9-16(10-8-15)24-19(27)14-11-21-20(22-12-14)25-17-5-3-4-6-18(17)28-2/h3-12H,1-2H3,(H,23,26)(H,24,27)(H,21,22,25). The number of rotatable bonds is 6. The van der Waals surface area contributed by atoms with Crippen molar-refractivity contribution in [2.24, 2.45) is 0 Å². The van der Waals surface area contributed by atoms with E-state index in [1.165, 1.54) is 19.3 Å². The third kappa shape index (κ3) is 4.82. The van der Waals surface area contributed by atoms with Crippen molar-refractivity contribution < 1.29 is 14.3 Å². The third-order valence-corrected chi connectivity index (χ3v) is 3.73. The van der Waals surface area contributed by atoms with Gasteiger partial charge in [0.2, 0.25) is 11.9 Å². The van der Waals surface area contributed by atoms with Crippen LogP contribution >= 0.6 is 0 Å². The molecule has 0 unspecified atom stereocenters. The van der Waals surface area contributed by atoms with Crippen LogP contribution in [0.15, 0.2) is 60.9 Å². The van der Waals surface area contributed by atoms with Gasteiger partial charge in [-0.1, -0.05) is 12.1 Å². The number of nitrogens with one attached hydrogen (secondary N) is 3. The number of benzene rings is 2. The quantitative estimate of drug-likeness (QED) is 0.608. The minimum Gasteiger partial charge on any atom is -0.495 e. The van der Waals surface area contributed by atoms with Gasteiger partial charge in [-0.05, 0) is 36.4 Å². The molecule has 0 bridgehead atoms. The van der Waals surface area contributed by atoms with E-state index in [-0.39, 0.29) is 11.8 Å². The van der Waals surface area contributed by atoms with E-state index in [1.807, 2.05) is 24.3 Å². The zero-order valence-electron chi connectivity index (χ0n) is 15.4. The number of nitrogens with zero attached hydrogens (tertiary/aromatic N) is 2. The van der Waals surface area contributed by atoms with Gasteiger partial charge >= 0.3 is 0 Å². The summed E-state index contributed by atoms with van der Waals surface area (Å²) in [4.78, 5) is 31.7. The van der Waals surface area contributed by atoms with Gasteiger partial charge in [0, 0.05) is 30.7 Å². The van der Waals surface area contributed by atoms with Gasteiger partial charge in [-0.25, -0.2) is 9.97 Å². The average molecular weight is 377 g/mol. The van der Waals surface area contributed by atoms with E-state index < -0.39 is 0 Å². The zero-order chi connectivity index (χ0) is 19.9. The maximum atomic E-state index is 12.3. The molecule has 2 aromatic carbocycles. The number of amides is 2. The predicted molar refractivity (Wildman–Crippen MR) is 107 cm³/mol. The fourth-order valence-electron chi connectivity index (χ4n) is 2.42. The summed E-state index contributed by atoms with van der Waals surface area (Å²) < 4.78 is 5.27. The first-order valence-electron chi connectivity index (χ1n) is 8.46. The Morgan fingerprint density at radius 1 is 0.893 bits per heavy atom. The highest BCUT2D eigenvalue weighted by atomic mass is 16.5. The molecule has 0 spiro atoms. The van der Waals surface area contributed by atoms with Crippen molar-refractivity contribution in [3.63, 3.8) is 0 Å². The molecular formula is C20H19N5O3. The van der Waals surface area contributed by atoms with Crippen molar-refractivity contribution in [3.8, 4) is 5.75 Å². The molecule has 3 aromatic rings. The van der Waals surface area contributed by atoms with Crippen LogP contribution in [0.5, 0.6) is 5.75 Å². The lowest BCUT2D eigenvalue weighted by molar-refractivity contribution is -0.114. The van der Waals surface area contributed by atoms with Crippen molar-refractivity contribution in [3.05, 3.63) is 66.5 Å². The van der Waals surface area contributed by atoms with Gasteiger partial charge in [0.15, 0.2) is 0 Å². The molecule has 3 N–H and O–H groups in total. The molecule has 0 atom stereocenters. The van der Waals surface area contributed by atoms with Crippen molar-refractivity contribution in [1.29, 1.82) is 0 Å². The second-order valence-corrected chi connectivity index (χ2v) is 5.83. The van der Waals surface area contributed by atoms with Crippen molar-refractivity contribution >= 4 is 34.8 Å². The number of para-hydroxylation sites is 2. The fraction of sp³-hybridized carbons (Fsp3) is 0.100. The molecule has 3 rings (SSSR count). The van der Waals surface area contributed by atoms with Crippen LogP contribution in [-0.2, 0) is 4.79 Å². The Labute approximate surface area is 162 Å². The van der Waals surface area contributed by atoms with E-state index in [9.17, 15) is 9.59 Å². The van der Waals surface area contributed by atoms with Gasteiger partial charge in [0.1, 0.15) is 5.75 Å². The second-order valence-electron chi connectivity index (χ2n) is 5.83. The first-order valence-corrected chi connectivity index (χ1v) is 8.46. The maximum Gasteiger partial charge on any atom is 0.258 e. The summed E-state index contributed by atoms with van der Waals surface area (Å²) in [6, 6.07) is 14.2. The molecule has 1 aromatic heterocycles. The number of carbonyl (C=O) groups excluding carboxylic acids is 2. The molecule has 0 saturated heterocycles. The Hall–Kier alpha value is -3.94. The normalized spacial score (nSPS) is 10.1. The van der Waals surface area contributed by atoms with Crippen LogP contribution in [0.4, 0.5) is 23.0 Å². The average Bonchev–Trinajstić information content (AvgIpc) is 2.70. The van der Waals surface area contributed by atoms with Crippen molar-refractivity contribution in [1.82, 2.24) is 9.97 Å². The highest BCUT2D eigenvalue weighted by Gasteiger charge is 2.09. The molecule has 142 valence electrons. The van der Waals surface area contributed by atoms with Gasteiger partial charge < -0.3 is 20.7 Å². The molecular weight excluding hydrogens is 358 g/mol. The lowest BCUT2D eigenvalue weighted by Gasteiger charge is -2.10. The number of aromatic nitrogens is 2. The highest BCUT2D eigenvalue weighted by molar-refractivity contribution is 6.04. The molecule has 0 aliphatic rings. The summed E-state index contributed by atoms with van der Waals surface area (Å²) >= 11 is 0. The Kier molecular flexibility index (Phi) is 5.81. The molecule has 0 radical (unpaired) electrons. The lowest BCUT2D eigenvalue weighted by atomic mass is 10.2. The minimum absolute atomic E-state index is 0.157. The van der Waals surface area contributed by atoms with E-state index >= 15 is 0 Å². The Morgan fingerprint density at radius 3 is 2.11 bits per heavy atom. The molecule has 0 aliphatic heterocycles. The second kappa shape index (κ2) is 8.63. The minimum atomic E-state index is -0.337. The molecule has 0 fully saturated rings. The fourth-order valence-corrected chi connectivity index (χ4v) is 2.42. The van der Waals surface area contributed by atoms with E-state index in [0.717, 1.165) is 5.69 Å². The molecule has 28 heavy (non-hydrogen) atoms. The maximum absolute atomic E-state index is 12.3. The van der Waals surface area contributed by atoms with Gasteiger partial charge in [-0.15, -0.1) is 0 Å². The summed E-state index contributed by atoms with van der Waals surface area (Å²) in [7, 11) is 1.58. The molecule has 0 saturated carbocycles. The van der Waals surface area contributed by atoms with Crippen LogP contribution in [-0.4, -0.2) is 28.9 Å². The van der Waals surface area contributed by atoms with Crippen LogP contribution in [0.2, 0.25) is 0 Å². The Morgan fingerprint density at radius 2 is 1.50 bits per heavy atom. The van der Waals surface area contributed by atoms with Gasteiger partial charge in [-0.2, -0.15) is 0 Å². The number of hydrogen-bond donors (Lipinski definition) is 3. The predicted octanol–water partition coefficient (Wildman–Crippen LogP) is 3.44. The van der Waals surface area contributed by atoms with Crippen LogP contribution in [0.3, 0.4) is 0 Å². The molecule has 0 aliphatic carbocycles. The SMILES string of the molecule is COc1ccccc1Nc1ncc(C(=O)Nc2ccc(NC(C)=O)cc2)cn1. The summed E-state index contributed by atoms with van der Waals surface area (Å²) in [6.45, 7) is 1.43. The van der Waals surface area contributed by atoms with Gasteiger partial charge in [0.25, 0.3) is 5.91 Å². The number of methoxy groups -OCH3 is 1. The lowest BCUT2D eigenvalue weighted by Crippen LogP contribution is -2.13. The summed E-state index contributed by atoms with van der Waals surface area (Å²) in [5.41, 5.74) is 2.29. The highest BCUT2D eigenvalue weighted by Crippen LogP contribution is 2.25. The molecule has 8 nitrogen and oxygen atoms in total. The number of ether oxygens (including phenoxy) is 1. The number of hydrogen-bond acceptors (Lipinski definition) is 6. The van der Waals surface area contributed by atoms with Crippen molar-refractivity contribution in [2.45, 2.75) is 6.92 Å². The summed E-state index contributed by atoms with van der Waals surface area (Å²) in [6.07, 6.45) is 2.87. The summed E-state index contributed by atoms with van der Waals surface area (Å²) in [5, 5.41) is 8.47. The molecule has 2 amide bonds. The smallest absolute Gasteiger partial charge is 0.258 e. The van der Waals surface area contributed by atoms with Crippen LogP contribution in [0, 0.1) is 0 Å². The molecule has 8 heteroatoms. The van der Waals surface area contributed by atoms with Crippen LogP contribution in [0.1, 0.15) is 17.3 Å². The first kappa shape index (κ1) is 18.8. The van der Waals surface area contributed by atoms with E-state index in [1.54, 1.807) is 31.4 Å². The van der Waals surface area contributed by atoms with E-state index in [0.29, 0.717) is 28.6 Å². The summed E-state index contributed by atoms with van der Waals surface area (Å²) in [5.74, 6) is 0.517. The third-order valence-electron chi connectivity index (χ3n) is 3.73. The van der Waals surface area contributed by atoms with Crippen molar-refractivity contribution in [2.75, 3.05) is 23.1 Å². The first-order chi connectivity index (χ1) is 13.5. The van der Waals surface area contributed by atoms with E-state index in [2.05, 4.69) is 25.9 Å². The monoisotopic (exact) mass is 377 g/mol.